The summed E-state index contributed by atoms with van der Waals surface area (Å²) in [4.78, 5) is 12.9. The van der Waals surface area contributed by atoms with Crippen LogP contribution in [0.1, 0.15) is 27.5 Å². The maximum Gasteiger partial charge on any atom is 0.252 e. The fraction of sp³-hybridized carbons (Fsp3) is 0.0417. The molecule has 1 atom stereocenters. The van der Waals surface area contributed by atoms with Crippen LogP contribution >= 0.6 is 11.6 Å². The highest BCUT2D eigenvalue weighted by Gasteiger charge is 2.23. The topological polar surface area (TPSA) is 49.3 Å². The van der Waals surface area contributed by atoms with Crippen molar-refractivity contribution in [3.8, 4) is 5.75 Å². The summed E-state index contributed by atoms with van der Waals surface area (Å²) in [5, 5.41) is 16.2. The number of rotatable bonds is 4. The summed E-state index contributed by atoms with van der Waals surface area (Å²) in [7, 11) is 0. The number of phenols is 1. The lowest BCUT2D eigenvalue weighted by atomic mass is 9.92. The van der Waals surface area contributed by atoms with Crippen LogP contribution in [0.3, 0.4) is 0 Å². The fourth-order valence-corrected chi connectivity index (χ4v) is 3.60. The number of aromatic hydroxyl groups is 1. The van der Waals surface area contributed by atoms with Crippen molar-refractivity contribution in [1.82, 2.24) is 5.32 Å². The molecule has 0 aliphatic carbocycles. The van der Waals surface area contributed by atoms with Gasteiger partial charge in [0.25, 0.3) is 5.91 Å². The standard InChI is InChI=1S/C24H18ClNO2/c25-19-11-6-10-18(15-19)23(26-24(28)17-8-2-1-3-9-17)22-20-12-5-4-7-16(20)13-14-21(22)27/h1-15,23,27H,(H,26,28). The lowest BCUT2D eigenvalue weighted by Crippen LogP contribution is -2.29. The first kappa shape index (κ1) is 18.1. The zero-order chi connectivity index (χ0) is 19.5. The van der Waals surface area contributed by atoms with E-state index in [1.807, 2.05) is 60.7 Å². The van der Waals surface area contributed by atoms with E-state index in [2.05, 4.69) is 5.32 Å². The van der Waals surface area contributed by atoms with Crippen molar-refractivity contribution in [2.75, 3.05) is 0 Å². The van der Waals surface area contributed by atoms with Gasteiger partial charge in [-0.25, -0.2) is 0 Å². The highest BCUT2D eigenvalue weighted by Crippen LogP contribution is 2.36. The summed E-state index contributed by atoms with van der Waals surface area (Å²) < 4.78 is 0. The van der Waals surface area contributed by atoms with Crippen LogP contribution in [0.5, 0.6) is 5.75 Å². The second kappa shape index (κ2) is 7.75. The Morgan fingerprint density at radius 2 is 1.61 bits per heavy atom. The van der Waals surface area contributed by atoms with Gasteiger partial charge in [-0.3, -0.25) is 4.79 Å². The zero-order valence-corrected chi connectivity index (χ0v) is 15.7. The number of nitrogens with one attached hydrogen (secondary N) is 1. The molecule has 3 nitrogen and oxygen atoms in total. The van der Waals surface area contributed by atoms with E-state index in [4.69, 9.17) is 11.6 Å². The minimum absolute atomic E-state index is 0.122. The van der Waals surface area contributed by atoms with Crippen LogP contribution in [-0.2, 0) is 0 Å². The summed E-state index contributed by atoms with van der Waals surface area (Å²) >= 11 is 6.21. The number of carbonyl (C=O) groups is 1. The Bertz CT molecular complexity index is 1140. The molecule has 4 rings (SSSR count). The minimum Gasteiger partial charge on any atom is -0.508 e. The van der Waals surface area contributed by atoms with Gasteiger partial charge >= 0.3 is 0 Å². The van der Waals surface area contributed by atoms with E-state index in [0.717, 1.165) is 16.3 Å². The van der Waals surface area contributed by atoms with Gasteiger partial charge in [0, 0.05) is 16.1 Å². The first-order chi connectivity index (χ1) is 13.6. The maximum absolute atomic E-state index is 12.9. The molecule has 4 aromatic rings. The molecule has 0 heterocycles. The number of benzene rings is 4. The summed E-state index contributed by atoms with van der Waals surface area (Å²) in [5.74, 6) is -0.102. The molecule has 0 saturated heterocycles. The van der Waals surface area contributed by atoms with E-state index in [9.17, 15) is 9.90 Å². The van der Waals surface area contributed by atoms with Crippen molar-refractivity contribution in [2.24, 2.45) is 0 Å². The molecule has 0 spiro atoms. The smallest absolute Gasteiger partial charge is 0.252 e. The quantitative estimate of drug-likeness (QED) is 0.470. The van der Waals surface area contributed by atoms with Crippen molar-refractivity contribution < 1.29 is 9.90 Å². The van der Waals surface area contributed by atoms with Crippen molar-refractivity contribution in [2.45, 2.75) is 6.04 Å². The Labute approximate surface area is 168 Å². The molecule has 0 aromatic heterocycles. The lowest BCUT2D eigenvalue weighted by Gasteiger charge is -2.23. The number of hydrogen-bond donors (Lipinski definition) is 2. The average Bonchev–Trinajstić information content (AvgIpc) is 2.73. The van der Waals surface area contributed by atoms with Crippen molar-refractivity contribution in [3.63, 3.8) is 0 Å². The van der Waals surface area contributed by atoms with E-state index < -0.39 is 6.04 Å². The second-order valence-electron chi connectivity index (χ2n) is 6.55. The molecule has 0 aliphatic heterocycles. The van der Waals surface area contributed by atoms with Gasteiger partial charge in [-0.1, -0.05) is 72.3 Å². The molecule has 2 N–H and O–H groups in total. The summed E-state index contributed by atoms with van der Waals surface area (Å²) in [6.45, 7) is 0. The summed E-state index contributed by atoms with van der Waals surface area (Å²) in [6, 6.07) is 27.1. The largest absolute Gasteiger partial charge is 0.508 e. The molecule has 0 bridgehead atoms. The number of carbonyl (C=O) groups excluding carboxylic acids is 1. The Kier molecular flexibility index (Phi) is 5.00. The van der Waals surface area contributed by atoms with Crippen LogP contribution in [0.25, 0.3) is 10.8 Å². The highest BCUT2D eigenvalue weighted by atomic mass is 35.5. The fourth-order valence-electron chi connectivity index (χ4n) is 3.40. The van der Waals surface area contributed by atoms with Gasteiger partial charge in [-0.2, -0.15) is 0 Å². The predicted octanol–water partition coefficient (Wildman–Crippen LogP) is 5.72. The van der Waals surface area contributed by atoms with Crippen molar-refractivity contribution >= 4 is 28.3 Å². The third-order valence-corrected chi connectivity index (χ3v) is 4.96. The SMILES string of the molecule is O=C(NC(c1cccc(Cl)c1)c1c(O)ccc2ccccc12)c1ccccc1. The number of hydrogen-bond acceptors (Lipinski definition) is 2. The molecule has 28 heavy (non-hydrogen) atoms. The minimum atomic E-state index is -0.558. The monoisotopic (exact) mass is 387 g/mol. The number of fused-ring (bicyclic) bond motifs is 1. The Hall–Kier alpha value is -3.30. The van der Waals surface area contributed by atoms with Gasteiger partial charge in [0.15, 0.2) is 0 Å². The summed E-state index contributed by atoms with van der Waals surface area (Å²) in [6.07, 6.45) is 0. The average molecular weight is 388 g/mol. The Morgan fingerprint density at radius 1 is 0.857 bits per heavy atom. The molecule has 4 aromatic carbocycles. The first-order valence-electron chi connectivity index (χ1n) is 8.95. The molecule has 0 aliphatic rings. The highest BCUT2D eigenvalue weighted by molar-refractivity contribution is 6.30. The molecule has 4 heteroatoms. The van der Waals surface area contributed by atoms with Gasteiger partial charge < -0.3 is 10.4 Å². The van der Waals surface area contributed by atoms with Crippen LogP contribution in [-0.4, -0.2) is 11.0 Å². The van der Waals surface area contributed by atoms with Gasteiger partial charge in [0.05, 0.1) is 6.04 Å². The molecular formula is C24H18ClNO2. The Balaban J connectivity index is 1.87. The van der Waals surface area contributed by atoms with Crippen LogP contribution in [0.4, 0.5) is 0 Å². The number of amides is 1. The normalized spacial score (nSPS) is 11.9. The lowest BCUT2D eigenvalue weighted by molar-refractivity contribution is 0.0943. The molecule has 1 amide bonds. The molecular weight excluding hydrogens is 370 g/mol. The van der Waals surface area contributed by atoms with E-state index in [-0.39, 0.29) is 11.7 Å². The first-order valence-corrected chi connectivity index (χ1v) is 9.33. The molecule has 0 saturated carbocycles. The van der Waals surface area contributed by atoms with E-state index in [0.29, 0.717) is 16.1 Å². The van der Waals surface area contributed by atoms with E-state index in [1.165, 1.54) is 0 Å². The Morgan fingerprint density at radius 3 is 2.39 bits per heavy atom. The molecule has 138 valence electrons. The van der Waals surface area contributed by atoms with E-state index in [1.54, 1.807) is 30.3 Å². The third-order valence-electron chi connectivity index (χ3n) is 4.73. The van der Waals surface area contributed by atoms with Crippen LogP contribution in [0.15, 0.2) is 91.0 Å². The molecule has 1 unspecified atom stereocenters. The maximum atomic E-state index is 12.9. The third kappa shape index (κ3) is 3.57. The van der Waals surface area contributed by atoms with Crippen molar-refractivity contribution in [1.29, 1.82) is 0 Å². The van der Waals surface area contributed by atoms with Gasteiger partial charge in [-0.15, -0.1) is 0 Å². The second-order valence-corrected chi connectivity index (χ2v) is 6.98. The van der Waals surface area contributed by atoms with Gasteiger partial charge in [0.1, 0.15) is 5.75 Å². The molecule has 0 radical (unpaired) electrons. The molecule has 0 fully saturated rings. The summed E-state index contributed by atoms with van der Waals surface area (Å²) in [5.41, 5.74) is 1.99. The van der Waals surface area contributed by atoms with Crippen LogP contribution in [0, 0.1) is 0 Å². The van der Waals surface area contributed by atoms with Crippen molar-refractivity contribution in [3.05, 3.63) is 113 Å². The number of halogens is 1. The number of phenolic OH excluding ortho intramolecular Hbond substituents is 1. The van der Waals surface area contributed by atoms with E-state index >= 15 is 0 Å². The van der Waals surface area contributed by atoms with Crippen LogP contribution < -0.4 is 5.32 Å². The van der Waals surface area contributed by atoms with Gasteiger partial charge in [0.2, 0.25) is 0 Å². The van der Waals surface area contributed by atoms with Crippen LogP contribution in [0.2, 0.25) is 5.02 Å². The van der Waals surface area contributed by atoms with Gasteiger partial charge in [-0.05, 0) is 46.7 Å². The predicted molar refractivity (Wildman–Crippen MR) is 113 cm³/mol. The zero-order valence-electron chi connectivity index (χ0n) is 15.0.